The number of hydrogen-bond acceptors (Lipinski definition) is 3. The van der Waals surface area contributed by atoms with Gasteiger partial charge < -0.3 is 16.4 Å². The second-order valence-corrected chi connectivity index (χ2v) is 6.03. The normalized spacial score (nSPS) is 11.0. The SMILES string of the molecule is CCCNc1ccc(Cl)cc1C(=O)NC(C)(C)CC(N)=O. The van der Waals surface area contributed by atoms with Gasteiger partial charge in [-0.2, -0.15) is 0 Å². The van der Waals surface area contributed by atoms with Gasteiger partial charge in [-0.3, -0.25) is 9.59 Å². The lowest BCUT2D eigenvalue weighted by molar-refractivity contribution is -0.119. The van der Waals surface area contributed by atoms with Crippen LogP contribution in [0.15, 0.2) is 18.2 Å². The molecule has 1 aromatic rings. The molecule has 0 radical (unpaired) electrons. The van der Waals surface area contributed by atoms with Gasteiger partial charge >= 0.3 is 0 Å². The molecule has 2 amide bonds. The average molecular weight is 312 g/mol. The zero-order chi connectivity index (χ0) is 16.0. The van der Waals surface area contributed by atoms with Crippen LogP contribution in [0.1, 0.15) is 44.0 Å². The first-order chi connectivity index (χ1) is 9.75. The molecule has 1 rings (SSSR count). The zero-order valence-electron chi connectivity index (χ0n) is 12.6. The summed E-state index contributed by atoms with van der Waals surface area (Å²) in [5, 5.41) is 6.48. The van der Waals surface area contributed by atoms with Gasteiger partial charge in [0, 0.05) is 29.2 Å². The predicted molar refractivity (Wildman–Crippen MR) is 85.6 cm³/mol. The summed E-state index contributed by atoms with van der Waals surface area (Å²) in [7, 11) is 0. The number of halogens is 1. The molecule has 0 spiro atoms. The van der Waals surface area contributed by atoms with E-state index in [9.17, 15) is 9.59 Å². The first kappa shape index (κ1) is 17.3. The second kappa shape index (κ2) is 7.31. The minimum Gasteiger partial charge on any atom is -0.384 e. The number of carbonyl (C=O) groups excluding carboxylic acids is 2. The molecule has 0 aromatic heterocycles. The third-order valence-corrected chi connectivity index (χ3v) is 3.09. The summed E-state index contributed by atoms with van der Waals surface area (Å²) in [5.74, 6) is -0.752. The Labute approximate surface area is 130 Å². The molecular weight excluding hydrogens is 290 g/mol. The summed E-state index contributed by atoms with van der Waals surface area (Å²) in [6.45, 7) is 6.30. The molecule has 0 aliphatic rings. The van der Waals surface area contributed by atoms with Crippen LogP contribution < -0.4 is 16.4 Å². The van der Waals surface area contributed by atoms with Gasteiger partial charge in [-0.15, -0.1) is 0 Å². The quantitative estimate of drug-likeness (QED) is 0.723. The maximum Gasteiger partial charge on any atom is 0.253 e. The molecule has 0 bridgehead atoms. The molecule has 6 heteroatoms. The summed E-state index contributed by atoms with van der Waals surface area (Å²) >= 11 is 5.97. The molecule has 0 saturated heterocycles. The van der Waals surface area contributed by atoms with Crippen molar-refractivity contribution in [3.63, 3.8) is 0 Å². The van der Waals surface area contributed by atoms with E-state index in [1.165, 1.54) is 0 Å². The van der Waals surface area contributed by atoms with Gasteiger partial charge in [-0.25, -0.2) is 0 Å². The van der Waals surface area contributed by atoms with Crippen LogP contribution in [0.25, 0.3) is 0 Å². The Kier molecular flexibility index (Phi) is 6.03. The standard InChI is InChI=1S/C15H22ClN3O2/c1-4-7-18-12-6-5-10(16)8-11(12)14(21)19-15(2,3)9-13(17)20/h5-6,8,18H,4,7,9H2,1-3H3,(H2,17,20)(H,19,21). The number of primary amides is 1. The number of hydrogen-bond donors (Lipinski definition) is 3. The summed E-state index contributed by atoms with van der Waals surface area (Å²) in [4.78, 5) is 23.4. The number of amides is 2. The van der Waals surface area contributed by atoms with Crippen molar-refractivity contribution in [1.29, 1.82) is 0 Å². The van der Waals surface area contributed by atoms with Crippen molar-refractivity contribution in [3.8, 4) is 0 Å². The van der Waals surface area contributed by atoms with Crippen LogP contribution in [0.3, 0.4) is 0 Å². The van der Waals surface area contributed by atoms with Crippen molar-refractivity contribution in [2.75, 3.05) is 11.9 Å². The van der Waals surface area contributed by atoms with E-state index in [-0.39, 0.29) is 12.3 Å². The topological polar surface area (TPSA) is 84.2 Å². The number of nitrogens with one attached hydrogen (secondary N) is 2. The molecule has 0 fully saturated rings. The van der Waals surface area contributed by atoms with E-state index in [0.29, 0.717) is 16.3 Å². The van der Waals surface area contributed by atoms with E-state index in [0.717, 1.165) is 13.0 Å². The molecule has 0 unspecified atom stereocenters. The zero-order valence-corrected chi connectivity index (χ0v) is 13.4. The van der Waals surface area contributed by atoms with Gasteiger partial charge in [0.2, 0.25) is 5.91 Å². The molecule has 5 nitrogen and oxygen atoms in total. The molecular formula is C15H22ClN3O2. The molecule has 0 atom stereocenters. The predicted octanol–water partition coefficient (Wildman–Crippen LogP) is 2.55. The van der Waals surface area contributed by atoms with Crippen LogP contribution >= 0.6 is 11.6 Å². The number of benzene rings is 1. The lowest BCUT2D eigenvalue weighted by Crippen LogP contribution is -2.46. The molecule has 0 aliphatic heterocycles. The fraction of sp³-hybridized carbons (Fsp3) is 0.467. The molecule has 0 saturated carbocycles. The van der Waals surface area contributed by atoms with Crippen LogP contribution in [0.4, 0.5) is 5.69 Å². The van der Waals surface area contributed by atoms with Crippen LogP contribution in [0.2, 0.25) is 5.02 Å². The molecule has 0 heterocycles. The van der Waals surface area contributed by atoms with Crippen LogP contribution in [-0.4, -0.2) is 23.9 Å². The number of anilines is 1. The Bertz CT molecular complexity index is 530. The van der Waals surface area contributed by atoms with Crippen molar-refractivity contribution in [3.05, 3.63) is 28.8 Å². The lowest BCUT2D eigenvalue weighted by atomic mass is 9.99. The van der Waals surface area contributed by atoms with Crippen LogP contribution in [0, 0.1) is 0 Å². The van der Waals surface area contributed by atoms with Crippen molar-refractivity contribution in [1.82, 2.24) is 5.32 Å². The van der Waals surface area contributed by atoms with Gasteiger partial charge in [0.25, 0.3) is 5.91 Å². The molecule has 116 valence electrons. The highest BCUT2D eigenvalue weighted by molar-refractivity contribution is 6.31. The Balaban J connectivity index is 2.95. The number of carbonyl (C=O) groups is 2. The van der Waals surface area contributed by atoms with E-state index >= 15 is 0 Å². The first-order valence-corrected chi connectivity index (χ1v) is 7.27. The maximum atomic E-state index is 12.4. The highest BCUT2D eigenvalue weighted by Gasteiger charge is 2.24. The maximum absolute atomic E-state index is 12.4. The van der Waals surface area contributed by atoms with Crippen molar-refractivity contribution in [2.45, 2.75) is 39.2 Å². The summed E-state index contributed by atoms with van der Waals surface area (Å²) < 4.78 is 0. The Hall–Kier alpha value is -1.75. The summed E-state index contributed by atoms with van der Waals surface area (Å²) in [6.07, 6.45) is 1.01. The van der Waals surface area contributed by atoms with E-state index in [1.807, 2.05) is 6.92 Å². The monoisotopic (exact) mass is 311 g/mol. The minimum atomic E-state index is -0.715. The Morgan fingerprint density at radius 1 is 1.33 bits per heavy atom. The van der Waals surface area contributed by atoms with Gasteiger partial charge in [0.05, 0.1) is 5.56 Å². The fourth-order valence-electron chi connectivity index (χ4n) is 1.97. The van der Waals surface area contributed by atoms with Gasteiger partial charge in [0.15, 0.2) is 0 Å². The minimum absolute atomic E-state index is 0.0665. The van der Waals surface area contributed by atoms with Crippen LogP contribution in [0.5, 0.6) is 0 Å². The van der Waals surface area contributed by atoms with Gasteiger partial charge in [-0.05, 0) is 38.5 Å². The first-order valence-electron chi connectivity index (χ1n) is 6.89. The summed E-state index contributed by atoms with van der Waals surface area (Å²) in [5.41, 5.74) is 5.64. The molecule has 4 N–H and O–H groups in total. The van der Waals surface area contributed by atoms with E-state index < -0.39 is 11.4 Å². The number of nitrogens with two attached hydrogens (primary N) is 1. The molecule has 0 aliphatic carbocycles. The van der Waals surface area contributed by atoms with Gasteiger partial charge in [0.1, 0.15) is 0 Å². The summed E-state index contributed by atoms with van der Waals surface area (Å²) in [6, 6.07) is 5.11. The van der Waals surface area contributed by atoms with Crippen molar-refractivity contribution < 1.29 is 9.59 Å². The average Bonchev–Trinajstić information content (AvgIpc) is 2.34. The van der Waals surface area contributed by atoms with E-state index in [2.05, 4.69) is 10.6 Å². The highest BCUT2D eigenvalue weighted by atomic mass is 35.5. The third kappa shape index (κ3) is 5.63. The molecule has 21 heavy (non-hydrogen) atoms. The van der Waals surface area contributed by atoms with Crippen molar-refractivity contribution >= 4 is 29.1 Å². The van der Waals surface area contributed by atoms with E-state index in [1.54, 1.807) is 32.0 Å². The lowest BCUT2D eigenvalue weighted by Gasteiger charge is -2.25. The Morgan fingerprint density at radius 2 is 2.00 bits per heavy atom. The smallest absolute Gasteiger partial charge is 0.253 e. The fourth-order valence-corrected chi connectivity index (χ4v) is 2.14. The largest absolute Gasteiger partial charge is 0.384 e. The second-order valence-electron chi connectivity index (χ2n) is 5.60. The third-order valence-electron chi connectivity index (χ3n) is 2.86. The highest BCUT2D eigenvalue weighted by Crippen LogP contribution is 2.22. The van der Waals surface area contributed by atoms with Crippen molar-refractivity contribution in [2.24, 2.45) is 5.73 Å². The van der Waals surface area contributed by atoms with E-state index in [4.69, 9.17) is 17.3 Å². The van der Waals surface area contributed by atoms with Gasteiger partial charge in [-0.1, -0.05) is 18.5 Å². The Morgan fingerprint density at radius 3 is 2.57 bits per heavy atom. The molecule has 1 aromatic carbocycles. The van der Waals surface area contributed by atoms with Crippen LogP contribution in [-0.2, 0) is 4.79 Å². The number of rotatable bonds is 7.